The second-order valence-electron chi connectivity index (χ2n) is 3.35. The van der Waals surface area contributed by atoms with Gasteiger partial charge < -0.3 is 15.4 Å². The van der Waals surface area contributed by atoms with Crippen LogP contribution in [0.4, 0.5) is 0 Å². The highest BCUT2D eigenvalue weighted by Gasteiger charge is 2.21. The number of esters is 1. The number of hydrogen-bond acceptors (Lipinski definition) is 4. The fourth-order valence-electron chi connectivity index (χ4n) is 1.17. The summed E-state index contributed by atoms with van der Waals surface area (Å²) in [5.74, 6) is -0.607. The van der Waals surface area contributed by atoms with E-state index >= 15 is 0 Å². The van der Waals surface area contributed by atoms with Crippen LogP contribution in [0.5, 0.6) is 0 Å². The third kappa shape index (κ3) is 4.78. The monoisotopic (exact) mass is 216 g/mol. The lowest BCUT2D eigenvalue weighted by Gasteiger charge is -2.23. The molecule has 0 aliphatic carbocycles. The first-order valence-corrected chi connectivity index (χ1v) is 5.17. The summed E-state index contributed by atoms with van der Waals surface area (Å²) >= 11 is 0. The molecule has 0 aromatic heterocycles. The molecule has 5 nitrogen and oxygen atoms in total. The largest absolute Gasteiger partial charge is 0.468 e. The van der Waals surface area contributed by atoms with Gasteiger partial charge >= 0.3 is 5.97 Å². The Morgan fingerprint density at radius 2 is 2.00 bits per heavy atom. The first-order valence-electron chi connectivity index (χ1n) is 5.17. The van der Waals surface area contributed by atoms with E-state index in [-0.39, 0.29) is 12.5 Å². The van der Waals surface area contributed by atoms with Crippen molar-refractivity contribution in [3.63, 3.8) is 0 Å². The Bertz CT molecular complexity index is 219. The summed E-state index contributed by atoms with van der Waals surface area (Å²) in [6.07, 6.45) is 1.36. The van der Waals surface area contributed by atoms with Gasteiger partial charge in [0.25, 0.3) is 0 Å². The molecular weight excluding hydrogens is 196 g/mol. The molecule has 0 spiro atoms. The van der Waals surface area contributed by atoms with Crippen molar-refractivity contribution in [3.8, 4) is 0 Å². The van der Waals surface area contributed by atoms with E-state index in [1.54, 1.807) is 0 Å². The average molecular weight is 216 g/mol. The van der Waals surface area contributed by atoms with Crippen LogP contribution in [-0.4, -0.2) is 43.0 Å². The SMILES string of the molecule is CCCN(CC(=O)OC)C(=O)[C@@H](N)CC. The molecule has 15 heavy (non-hydrogen) atoms. The van der Waals surface area contributed by atoms with Crippen LogP contribution in [0.3, 0.4) is 0 Å². The topological polar surface area (TPSA) is 72.6 Å². The number of nitrogens with two attached hydrogens (primary N) is 1. The number of hydrogen-bond donors (Lipinski definition) is 1. The Morgan fingerprint density at radius 1 is 1.40 bits per heavy atom. The minimum absolute atomic E-state index is 0.0170. The van der Waals surface area contributed by atoms with E-state index in [4.69, 9.17) is 5.73 Å². The zero-order valence-electron chi connectivity index (χ0n) is 9.66. The molecule has 0 unspecified atom stereocenters. The number of amides is 1. The molecule has 0 heterocycles. The predicted molar refractivity (Wildman–Crippen MR) is 57.2 cm³/mol. The zero-order valence-corrected chi connectivity index (χ0v) is 9.66. The van der Waals surface area contributed by atoms with Crippen LogP contribution in [0.25, 0.3) is 0 Å². The third-order valence-electron chi connectivity index (χ3n) is 2.11. The molecule has 0 bridgehead atoms. The van der Waals surface area contributed by atoms with Gasteiger partial charge in [0, 0.05) is 6.54 Å². The maximum atomic E-state index is 11.7. The number of carbonyl (C=O) groups excluding carboxylic acids is 2. The van der Waals surface area contributed by atoms with Crippen LogP contribution in [0, 0.1) is 0 Å². The quantitative estimate of drug-likeness (QED) is 0.641. The summed E-state index contributed by atoms with van der Waals surface area (Å²) < 4.78 is 4.52. The van der Waals surface area contributed by atoms with E-state index in [2.05, 4.69) is 4.74 Å². The summed E-state index contributed by atoms with van der Waals surface area (Å²) in [5.41, 5.74) is 5.62. The number of methoxy groups -OCH3 is 1. The van der Waals surface area contributed by atoms with Gasteiger partial charge in [-0.15, -0.1) is 0 Å². The number of ether oxygens (including phenoxy) is 1. The maximum absolute atomic E-state index is 11.7. The van der Waals surface area contributed by atoms with Crippen molar-refractivity contribution in [2.24, 2.45) is 5.73 Å². The maximum Gasteiger partial charge on any atom is 0.325 e. The van der Waals surface area contributed by atoms with E-state index in [9.17, 15) is 9.59 Å². The molecule has 5 heteroatoms. The second-order valence-corrected chi connectivity index (χ2v) is 3.35. The van der Waals surface area contributed by atoms with Crippen molar-refractivity contribution >= 4 is 11.9 Å². The Balaban J connectivity index is 4.37. The molecule has 0 saturated heterocycles. The lowest BCUT2D eigenvalue weighted by Crippen LogP contribution is -2.46. The number of rotatable bonds is 6. The molecule has 0 rings (SSSR count). The zero-order chi connectivity index (χ0) is 11.8. The highest BCUT2D eigenvalue weighted by molar-refractivity contribution is 5.85. The molecule has 0 radical (unpaired) electrons. The minimum Gasteiger partial charge on any atom is -0.468 e. The Kier molecular flexibility index (Phi) is 6.70. The fraction of sp³-hybridized carbons (Fsp3) is 0.800. The summed E-state index contributed by atoms with van der Waals surface area (Å²) in [5, 5.41) is 0. The van der Waals surface area contributed by atoms with E-state index in [1.807, 2.05) is 13.8 Å². The van der Waals surface area contributed by atoms with Crippen molar-refractivity contribution in [3.05, 3.63) is 0 Å². The lowest BCUT2D eigenvalue weighted by molar-refractivity contribution is -0.147. The Hall–Kier alpha value is -1.10. The van der Waals surface area contributed by atoms with E-state index in [1.165, 1.54) is 12.0 Å². The first kappa shape index (κ1) is 13.9. The van der Waals surface area contributed by atoms with Crippen LogP contribution in [0.15, 0.2) is 0 Å². The standard InChI is InChI=1S/C10H20N2O3/c1-4-6-12(7-9(13)15-3)10(14)8(11)5-2/h8H,4-7,11H2,1-3H3/t8-/m0/s1. The van der Waals surface area contributed by atoms with Crippen molar-refractivity contribution in [2.75, 3.05) is 20.2 Å². The Morgan fingerprint density at radius 3 is 2.40 bits per heavy atom. The molecule has 2 N–H and O–H groups in total. The fourth-order valence-corrected chi connectivity index (χ4v) is 1.17. The summed E-state index contributed by atoms with van der Waals surface area (Å²) in [6, 6.07) is -0.527. The van der Waals surface area contributed by atoms with Crippen LogP contribution < -0.4 is 5.73 Å². The van der Waals surface area contributed by atoms with E-state index < -0.39 is 12.0 Å². The smallest absolute Gasteiger partial charge is 0.325 e. The van der Waals surface area contributed by atoms with Crippen LogP contribution in [0.1, 0.15) is 26.7 Å². The van der Waals surface area contributed by atoms with Gasteiger partial charge in [-0.1, -0.05) is 13.8 Å². The molecule has 1 amide bonds. The molecule has 1 atom stereocenters. The van der Waals surface area contributed by atoms with Gasteiger partial charge in [-0.25, -0.2) is 0 Å². The molecule has 0 aliphatic heterocycles. The van der Waals surface area contributed by atoms with E-state index in [0.717, 1.165) is 6.42 Å². The highest BCUT2D eigenvalue weighted by Crippen LogP contribution is 1.99. The predicted octanol–water partition coefficient (Wildman–Crippen LogP) is 0.135. The minimum atomic E-state index is -0.527. The first-order chi connectivity index (χ1) is 7.06. The number of carbonyl (C=O) groups is 2. The van der Waals surface area contributed by atoms with Gasteiger partial charge in [0.05, 0.1) is 13.2 Å². The molecule has 0 aliphatic rings. The van der Waals surface area contributed by atoms with Crippen LogP contribution in [0.2, 0.25) is 0 Å². The molecular formula is C10H20N2O3. The highest BCUT2D eigenvalue weighted by atomic mass is 16.5. The van der Waals surface area contributed by atoms with Gasteiger partial charge in [-0.2, -0.15) is 0 Å². The van der Waals surface area contributed by atoms with Crippen LogP contribution >= 0.6 is 0 Å². The van der Waals surface area contributed by atoms with Gasteiger partial charge in [0.15, 0.2) is 0 Å². The van der Waals surface area contributed by atoms with Crippen molar-refractivity contribution in [1.82, 2.24) is 4.90 Å². The normalized spacial score (nSPS) is 12.0. The van der Waals surface area contributed by atoms with Crippen molar-refractivity contribution < 1.29 is 14.3 Å². The van der Waals surface area contributed by atoms with Crippen LogP contribution in [-0.2, 0) is 14.3 Å². The molecule has 0 aromatic rings. The lowest BCUT2D eigenvalue weighted by atomic mass is 10.2. The van der Waals surface area contributed by atoms with Gasteiger partial charge in [-0.3, -0.25) is 9.59 Å². The molecule has 0 aromatic carbocycles. The summed E-state index contributed by atoms with van der Waals surface area (Å²) in [6.45, 7) is 4.29. The molecule has 88 valence electrons. The summed E-state index contributed by atoms with van der Waals surface area (Å²) in [4.78, 5) is 24.2. The van der Waals surface area contributed by atoms with Crippen molar-refractivity contribution in [2.45, 2.75) is 32.7 Å². The summed E-state index contributed by atoms with van der Waals surface area (Å²) in [7, 11) is 1.30. The Labute approximate surface area is 90.6 Å². The third-order valence-corrected chi connectivity index (χ3v) is 2.11. The number of nitrogens with zero attached hydrogens (tertiary/aromatic N) is 1. The van der Waals surface area contributed by atoms with Gasteiger partial charge in [0.2, 0.25) is 5.91 Å². The average Bonchev–Trinajstić information content (AvgIpc) is 2.26. The molecule has 0 saturated carbocycles. The van der Waals surface area contributed by atoms with E-state index in [0.29, 0.717) is 13.0 Å². The molecule has 0 fully saturated rings. The van der Waals surface area contributed by atoms with Crippen molar-refractivity contribution in [1.29, 1.82) is 0 Å². The van der Waals surface area contributed by atoms with Gasteiger partial charge in [-0.05, 0) is 12.8 Å². The second kappa shape index (κ2) is 7.23. The van der Waals surface area contributed by atoms with Gasteiger partial charge in [0.1, 0.15) is 6.54 Å².